The molecule has 2 aromatic heterocycles. The molecule has 1 aliphatic heterocycles. The summed E-state index contributed by atoms with van der Waals surface area (Å²) in [7, 11) is 1.62. The lowest BCUT2D eigenvalue weighted by Gasteiger charge is -2.35. The molecule has 0 bridgehead atoms. The summed E-state index contributed by atoms with van der Waals surface area (Å²) in [5, 5.41) is 0. The second kappa shape index (κ2) is 11.3. The molecule has 0 saturated carbocycles. The first-order valence-corrected chi connectivity index (χ1v) is 13.5. The van der Waals surface area contributed by atoms with E-state index in [1.54, 1.807) is 19.2 Å². The number of piperazine rings is 1. The summed E-state index contributed by atoms with van der Waals surface area (Å²) in [5.41, 5.74) is 3.78. The van der Waals surface area contributed by atoms with Crippen LogP contribution in [0.2, 0.25) is 0 Å². The quantitative estimate of drug-likeness (QED) is 0.268. The maximum Gasteiger partial charge on any atom is 0.416 e. The Morgan fingerprint density at radius 2 is 1.68 bits per heavy atom. The lowest BCUT2D eigenvalue weighted by atomic mass is 10.0. The third-order valence-corrected chi connectivity index (χ3v) is 7.27. The fourth-order valence-corrected chi connectivity index (χ4v) is 5.14. The Bertz CT molecular complexity index is 1500. The van der Waals surface area contributed by atoms with Crippen LogP contribution in [0.5, 0.6) is 5.75 Å². The summed E-state index contributed by atoms with van der Waals surface area (Å²) in [5.74, 6) is 1.22. The number of fused-ring (bicyclic) bond motifs is 1. The second-order valence-corrected chi connectivity index (χ2v) is 10.6. The van der Waals surface area contributed by atoms with Crippen molar-refractivity contribution < 1.29 is 22.7 Å². The predicted molar refractivity (Wildman–Crippen MR) is 149 cm³/mol. The van der Waals surface area contributed by atoms with Crippen LogP contribution in [0.15, 0.2) is 66.9 Å². The Kier molecular flexibility index (Phi) is 7.85. The third kappa shape index (κ3) is 5.99. The van der Waals surface area contributed by atoms with E-state index in [2.05, 4.69) is 4.90 Å². The lowest BCUT2D eigenvalue weighted by Crippen LogP contribution is -2.48. The number of halogens is 3. The van der Waals surface area contributed by atoms with Gasteiger partial charge in [0.2, 0.25) is 5.91 Å². The standard InChI is InChI=1S/C31H33F3N4O2/c1-21(2)16-29(39)37-14-12-36(13-15-37)20-27-30(23-7-5-9-26(18-23)40-3)35-28-11-10-24(19-38(27)28)22-6-4-8-25(17-22)31(32,33)34/h4-11,17-19,21H,12-16,20H2,1-3H3. The van der Waals surface area contributed by atoms with Gasteiger partial charge in [-0.25, -0.2) is 4.98 Å². The molecule has 0 N–H and O–H groups in total. The molecule has 9 heteroatoms. The molecule has 6 nitrogen and oxygen atoms in total. The number of rotatable bonds is 7. The van der Waals surface area contributed by atoms with Crippen LogP contribution in [0.4, 0.5) is 13.2 Å². The van der Waals surface area contributed by atoms with E-state index < -0.39 is 11.7 Å². The highest BCUT2D eigenvalue weighted by atomic mass is 19.4. The summed E-state index contributed by atoms with van der Waals surface area (Å²) in [6.45, 7) is 7.44. The molecule has 0 spiro atoms. The molecule has 2 aromatic carbocycles. The van der Waals surface area contributed by atoms with Gasteiger partial charge in [0.1, 0.15) is 11.4 Å². The number of methoxy groups -OCH3 is 1. The van der Waals surface area contributed by atoms with E-state index in [4.69, 9.17) is 9.72 Å². The van der Waals surface area contributed by atoms with Gasteiger partial charge < -0.3 is 14.0 Å². The highest BCUT2D eigenvalue weighted by molar-refractivity contribution is 5.76. The van der Waals surface area contributed by atoms with E-state index in [1.165, 1.54) is 12.1 Å². The number of alkyl halides is 3. The molecular formula is C31H33F3N4O2. The van der Waals surface area contributed by atoms with Gasteiger partial charge in [0, 0.05) is 50.9 Å². The Morgan fingerprint density at radius 3 is 2.38 bits per heavy atom. The fourth-order valence-electron chi connectivity index (χ4n) is 5.14. The topological polar surface area (TPSA) is 50.1 Å². The highest BCUT2D eigenvalue weighted by Crippen LogP contribution is 2.34. The van der Waals surface area contributed by atoms with E-state index in [-0.39, 0.29) is 5.91 Å². The fraction of sp³-hybridized carbons (Fsp3) is 0.355. The van der Waals surface area contributed by atoms with Crippen LogP contribution in [0.3, 0.4) is 0 Å². The maximum absolute atomic E-state index is 13.4. The highest BCUT2D eigenvalue weighted by Gasteiger charge is 2.30. The first kappa shape index (κ1) is 27.7. The Balaban J connectivity index is 1.51. The van der Waals surface area contributed by atoms with Crippen molar-refractivity contribution in [2.75, 3.05) is 33.3 Å². The van der Waals surface area contributed by atoms with Crippen molar-refractivity contribution in [1.29, 1.82) is 0 Å². The molecule has 40 heavy (non-hydrogen) atoms. The second-order valence-electron chi connectivity index (χ2n) is 10.6. The molecule has 1 fully saturated rings. The molecule has 3 heterocycles. The van der Waals surface area contributed by atoms with Crippen LogP contribution in [0, 0.1) is 5.92 Å². The average Bonchev–Trinajstić information content (AvgIpc) is 3.30. The van der Waals surface area contributed by atoms with Crippen LogP contribution < -0.4 is 4.74 Å². The number of imidazole rings is 1. The minimum Gasteiger partial charge on any atom is -0.497 e. The van der Waals surface area contributed by atoms with E-state index in [0.29, 0.717) is 54.5 Å². The zero-order valence-electron chi connectivity index (χ0n) is 22.9. The summed E-state index contributed by atoms with van der Waals surface area (Å²) in [6, 6.07) is 16.7. The van der Waals surface area contributed by atoms with Gasteiger partial charge in [-0.05, 0) is 53.4 Å². The minimum atomic E-state index is -4.42. The molecule has 0 aliphatic carbocycles. The van der Waals surface area contributed by atoms with Crippen LogP contribution in [0.1, 0.15) is 31.5 Å². The SMILES string of the molecule is COc1cccc(-c2nc3ccc(-c4cccc(C(F)(F)F)c4)cn3c2CN2CCN(C(=O)CC(C)C)CC2)c1. The van der Waals surface area contributed by atoms with Gasteiger partial charge in [-0.15, -0.1) is 0 Å². The van der Waals surface area contributed by atoms with E-state index in [1.807, 2.05) is 59.7 Å². The van der Waals surface area contributed by atoms with Crippen molar-refractivity contribution in [2.45, 2.75) is 33.0 Å². The number of hydrogen-bond donors (Lipinski definition) is 0. The molecule has 1 aliphatic rings. The van der Waals surface area contributed by atoms with Crippen LogP contribution in [-0.4, -0.2) is 58.4 Å². The Morgan fingerprint density at radius 1 is 0.950 bits per heavy atom. The zero-order chi connectivity index (χ0) is 28.4. The lowest BCUT2D eigenvalue weighted by molar-refractivity contribution is -0.137. The van der Waals surface area contributed by atoms with Crippen molar-refractivity contribution in [2.24, 2.45) is 5.92 Å². The molecule has 0 radical (unpaired) electrons. The summed E-state index contributed by atoms with van der Waals surface area (Å²) < 4.78 is 47.6. The first-order valence-electron chi connectivity index (χ1n) is 13.5. The normalized spacial score (nSPS) is 14.7. The van der Waals surface area contributed by atoms with Crippen molar-refractivity contribution in [3.63, 3.8) is 0 Å². The number of aromatic nitrogens is 2. The van der Waals surface area contributed by atoms with Gasteiger partial charge >= 0.3 is 6.18 Å². The molecule has 4 aromatic rings. The van der Waals surface area contributed by atoms with E-state index in [0.717, 1.165) is 36.1 Å². The number of hydrogen-bond acceptors (Lipinski definition) is 4. The van der Waals surface area contributed by atoms with Gasteiger partial charge in [-0.1, -0.05) is 38.1 Å². The third-order valence-electron chi connectivity index (χ3n) is 7.27. The number of benzene rings is 2. The molecule has 0 unspecified atom stereocenters. The van der Waals surface area contributed by atoms with Crippen LogP contribution >= 0.6 is 0 Å². The van der Waals surface area contributed by atoms with Gasteiger partial charge in [0.15, 0.2) is 0 Å². The number of pyridine rings is 1. The summed E-state index contributed by atoms with van der Waals surface area (Å²) in [4.78, 5) is 21.7. The molecule has 0 atom stereocenters. The largest absolute Gasteiger partial charge is 0.497 e. The number of nitrogens with zero attached hydrogens (tertiary/aromatic N) is 4. The number of carbonyl (C=O) groups excluding carboxylic acids is 1. The van der Waals surface area contributed by atoms with Crippen LogP contribution in [0.25, 0.3) is 28.0 Å². The first-order chi connectivity index (χ1) is 19.1. The minimum absolute atomic E-state index is 0.187. The van der Waals surface area contributed by atoms with Gasteiger partial charge in [-0.2, -0.15) is 13.2 Å². The number of ether oxygens (including phenoxy) is 1. The molecule has 210 valence electrons. The maximum atomic E-state index is 13.4. The number of carbonyl (C=O) groups is 1. The molecule has 1 amide bonds. The number of amides is 1. The van der Waals surface area contributed by atoms with Crippen molar-refractivity contribution >= 4 is 11.6 Å². The van der Waals surface area contributed by atoms with Crippen molar-refractivity contribution in [1.82, 2.24) is 19.2 Å². The Hall–Kier alpha value is -3.85. The smallest absolute Gasteiger partial charge is 0.416 e. The average molecular weight is 551 g/mol. The van der Waals surface area contributed by atoms with Crippen molar-refractivity contribution in [3.05, 3.63) is 78.1 Å². The zero-order valence-corrected chi connectivity index (χ0v) is 22.9. The molecule has 5 rings (SSSR count). The van der Waals surface area contributed by atoms with E-state index in [9.17, 15) is 18.0 Å². The van der Waals surface area contributed by atoms with Crippen molar-refractivity contribution in [3.8, 4) is 28.1 Å². The molecular weight excluding hydrogens is 517 g/mol. The Labute approximate surface area is 232 Å². The summed E-state index contributed by atoms with van der Waals surface area (Å²) in [6.07, 6.45) is -2.01. The van der Waals surface area contributed by atoms with Gasteiger partial charge in [0.25, 0.3) is 0 Å². The van der Waals surface area contributed by atoms with E-state index >= 15 is 0 Å². The van der Waals surface area contributed by atoms with Crippen LogP contribution in [-0.2, 0) is 17.5 Å². The summed E-state index contributed by atoms with van der Waals surface area (Å²) >= 11 is 0. The predicted octanol–water partition coefficient (Wildman–Crippen LogP) is 6.39. The van der Waals surface area contributed by atoms with Gasteiger partial charge in [0.05, 0.1) is 24.1 Å². The monoisotopic (exact) mass is 550 g/mol. The molecule has 1 saturated heterocycles. The van der Waals surface area contributed by atoms with Gasteiger partial charge in [-0.3, -0.25) is 9.69 Å².